The molecule has 1 aliphatic carbocycles. The van der Waals surface area contributed by atoms with Crippen molar-refractivity contribution in [2.45, 2.75) is 51.3 Å². The number of hydrogen-bond acceptors (Lipinski definition) is 5. The largest absolute Gasteiger partial charge is 0.392 e. The van der Waals surface area contributed by atoms with Gasteiger partial charge in [-0.25, -0.2) is 0 Å². The van der Waals surface area contributed by atoms with E-state index >= 15 is 0 Å². The SMILES string of the molecule is C[C@@H](O)CN1CCN(Cc2nnc(C3CC3)n2C)C[C@@H]1C. The fourth-order valence-corrected chi connectivity index (χ4v) is 3.23. The van der Waals surface area contributed by atoms with E-state index < -0.39 is 0 Å². The first kappa shape index (κ1) is 14.9. The summed E-state index contributed by atoms with van der Waals surface area (Å²) in [6.07, 6.45) is 2.28. The third kappa shape index (κ3) is 3.44. The normalized spacial score (nSPS) is 26.2. The molecule has 21 heavy (non-hydrogen) atoms. The molecule has 3 rings (SSSR count). The predicted molar refractivity (Wildman–Crippen MR) is 81.0 cm³/mol. The van der Waals surface area contributed by atoms with E-state index in [1.807, 2.05) is 6.92 Å². The molecule has 2 atom stereocenters. The highest BCUT2D eigenvalue weighted by molar-refractivity contribution is 5.07. The number of hydrogen-bond donors (Lipinski definition) is 1. The Morgan fingerprint density at radius 3 is 2.67 bits per heavy atom. The number of β-amino-alcohol motifs (C(OH)–C–C–N with tert-alkyl or cyclic N) is 1. The number of aromatic nitrogens is 3. The van der Waals surface area contributed by atoms with Crippen molar-refractivity contribution < 1.29 is 5.11 Å². The molecule has 1 aliphatic heterocycles. The van der Waals surface area contributed by atoms with Gasteiger partial charge in [0.15, 0.2) is 0 Å². The fourth-order valence-electron chi connectivity index (χ4n) is 3.23. The minimum Gasteiger partial charge on any atom is -0.392 e. The molecule has 0 amide bonds. The lowest BCUT2D eigenvalue weighted by Gasteiger charge is -2.40. The van der Waals surface area contributed by atoms with Crippen LogP contribution in [0.4, 0.5) is 0 Å². The number of rotatable bonds is 5. The molecule has 118 valence electrons. The Morgan fingerprint density at radius 1 is 1.29 bits per heavy atom. The summed E-state index contributed by atoms with van der Waals surface area (Å²) in [5.41, 5.74) is 0. The van der Waals surface area contributed by atoms with Crippen LogP contribution in [0.2, 0.25) is 0 Å². The van der Waals surface area contributed by atoms with Gasteiger partial charge in [0.2, 0.25) is 0 Å². The fraction of sp³-hybridized carbons (Fsp3) is 0.867. The average Bonchev–Trinajstić information content (AvgIpc) is 3.19. The zero-order valence-corrected chi connectivity index (χ0v) is 13.4. The maximum Gasteiger partial charge on any atom is 0.146 e. The van der Waals surface area contributed by atoms with E-state index in [1.54, 1.807) is 0 Å². The van der Waals surface area contributed by atoms with Gasteiger partial charge < -0.3 is 9.67 Å². The van der Waals surface area contributed by atoms with Gasteiger partial charge in [-0.15, -0.1) is 10.2 Å². The Hall–Kier alpha value is -0.980. The number of aliphatic hydroxyl groups excluding tert-OH is 1. The van der Waals surface area contributed by atoms with Crippen molar-refractivity contribution in [2.24, 2.45) is 7.05 Å². The highest BCUT2D eigenvalue weighted by atomic mass is 16.3. The summed E-state index contributed by atoms with van der Waals surface area (Å²) in [5, 5.41) is 18.3. The second kappa shape index (κ2) is 6.02. The van der Waals surface area contributed by atoms with Gasteiger partial charge >= 0.3 is 0 Å². The minimum atomic E-state index is -0.251. The Balaban J connectivity index is 1.57. The maximum atomic E-state index is 9.54. The average molecular weight is 293 g/mol. The summed E-state index contributed by atoms with van der Waals surface area (Å²) in [7, 11) is 2.09. The number of piperazine rings is 1. The topological polar surface area (TPSA) is 57.4 Å². The Morgan fingerprint density at radius 2 is 2.05 bits per heavy atom. The standard InChI is InChI=1S/C15H27N5O/c1-11-8-19(6-7-20(11)9-12(2)21)10-14-16-17-15(18(14)3)13-4-5-13/h11-13,21H,4-10H2,1-3H3/t11-,12+/m0/s1. The summed E-state index contributed by atoms with van der Waals surface area (Å²) in [4.78, 5) is 4.82. The van der Waals surface area contributed by atoms with Gasteiger partial charge in [0.25, 0.3) is 0 Å². The number of nitrogens with zero attached hydrogens (tertiary/aromatic N) is 5. The Labute approximate surface area is 126 Å². The first-order valence-electron chi connectivity index (χ1n) is 8.07. The third-order valence-corrected chi connectivity index (χ3v) is 4.65. The van der Waals surface area contributed by atoms with Crippen molar-refractivity contribution >= 4 is 0 Å². The third-order valence-electron chi connectivity index (χ3n) is 4.65. The number of aliphatic hydroxyl groups is 1. The highest BCUT2D eigenvalue weighted by Crippen LogP contribution is 2.38. The summed E-state index contributed by atoms with van der Waals surface area (Å²) in [6.45, 7) is 8.81. The first-order chi connectivity index (χ1) is 10.0. The van der Waals surface area contributed by atoms with Gasteiger partial charge in [0, 0.05) is 45.2 Å². The molecule has 6 heteroatoms. The van der Waals surface area contributed by atoms with E-state index in [2.05, 4.69) is 38.5 Å². The van der Waals surface area contributed by atoms with Crippen LogP contribution < -0.4 is 0 Å². The summed E-state index contributed by atoms with van der Waals surface area (Å²) < 4.78 is 2.19. The van der Waals surface area contributed by atoms with E-state index in [0.29, 0.717) is 12.0 Å². The van der Waals surface area contributed by atoms with Crippen LogP contribution in [0.5, 0.6) is 0 Å². The predicted octanol–water partition coefficient (Wildman–Crippen LogP) is 0.579. The van der Waals surface area contributed by atoms with Crippen molar-refractivity contribution in [3.63, 3.8) is 0 Å². The van der Waals surface area contributed by atoms with Crippen molar-refractivity contribution in [1.29, 1.82) is 0 Å². The Bertz CT molecular complexity index is 482. The van der Waals surface area contributed by atoms with Gasteiger partial charge in [-0.1, -0.05) is 0 Å². The van der Waals surface area contributed by atoms with Gasteiger partial charge in [-0.2, -0.15) is 0 Å². The van der Waals surface area contributed by atoms with E-state index in [9.17, 15) is 5.11 Å². The van der Waals surface area contributed by atoms with Crippen molar-refractivity contribution in [1.82, 2.24) is 24.6 Å². The van der Waals surface area contributed by atoms with Crippen molar-refractivity contribution in [2.75, 3.05) is 26.2 Å². The Kier molecular flexibility index (Phi) is 4.28. The lowest BCUT2D eigenvalue weighted by Crippen LogP contribution is -2.53. The molecule has 1 aromatic heterocycles. The highest BCUT2D eigenvalue weighted by Gasteiger charge is 2.30. The van der Waals surface area contributed by atoms with Crippen LogP contribution in [0.15, 0.2) is 0 Å². The molecule has 2 fully saturated rings. The van der Waals surface area contributed by atoms with Crippen LogP contribution >= 0.6 is 0 Å². The molecule has 2 heterocycles. The molecule has 1 N–H and O–H groups in total. The van der Waals surface area contributed by atoms with Gasteiger partial charge in [-0.05, 0) is 26.7 Å². The van der Waals surface area contributed by atoms with Gasteiger partial charge in [-0.3, -0.25) is 9.80 Å². The van der Waals surface area contributed by atoms with Crippen molar-refractivity contribution in [3.8, 4) is 0 Å². The van der Waals surface area contributed by atoms with Crippen LogP contribution in [0, 0.1) is 0 Å². The van der Waals surface area contributed by atoms with E-state index in [1.165, 1.54) is 12.8 Å². The lowest BCUT2D eigenvalue weighted by molar-refractivity contribution is 0.0410. The second-order valence-corrected chi connectivity index (χ2v) is 6.74. The molecule has 0 aromatic carbocycles. The zero-order valence-electron chi connectivity index (χ0n) is 13.4. The summed E-state index contributed by atoms with van der Waals surface area (Å²) in [6, 6.07) is 0.476. The molecular weight excluding hydrogens is 266 g/mol. The molecule has 0 unspecified atom stereocenters. The second-order valence-electron chi connectivity index (χ2n) is 6.74. The monoisotopic (exact) mass is 293 g/mol. The molecule has 0 bridgehead atoms. The molecule has 2 aliphatic rings. The van der Waals surface area contributed by atoms with E-state index in [0.717, 1.165) is 44.4 Å². The van der Waals surface area contributed by atoms with E-state index in [4.69, 9.17) is 0 Å². The van der Waals surface area contributed by atoms with Gasteiger partial charge in [0.05, 0.1) is 12.6 Å². The van der Waals surface area contributed by atoms with Crippen LogP contribution in [0.3, 0.4) is 0 Å². The lowest BCUT2D eigenvalue weighted by atomic mass is 10.1. The summed E-state index contributed by atoms with van der Waals surface area (Å²) >= 11 is 0. The smallest absolute Gasteiger partial charge is 0.146 e. The first-order valence-corrected chi connectivity index (χ1v) is 8.07. The molecule has 1 aromatic rings. The molecule has 0 spiro atoms. The molecule has 6 nitrogen and oxygen atoms in total. The van der Waals surface area contributed by atoms with Crippen molar-refractivity contribution in [3.05, 3.63) is 11.6 Å². The minimum absolute atomic E-state index is 0.251. The molecule has 1 saturated carbocycles. The van der Waals surface area contributed by atoms with Crippen LogP contribution in [-0.4, -0.2) is 68.0 Å². The molecule has 0 radical (unpaired) electrons. The van der Waals surface area contributed by atoms with Gasteiger partial charge in [0.1, 0.15) is 11.6 Å². The maximum absolute atomic E-state index is 9.54. The zero-order chi connectivity index (χ0) is 15.0. The summed E-state index contributed by atoms with van der Waals surface area (Å²) in [5.74, 6) is 2.89. The molecule has 1 saturated heterocycles. The van der Waals surface area contributed by atoms with E-state index in [-0.39, 0.29) is 6.10 Å². The molecular formula is C15H27N5O. The van der Waals surface area contributed by atoms with Crippen LogP contribution in [-0.2, 0) is 13.6 Å². The van der Waals surface area contributed by atoms with Crippen LogP contribution in [0.25, 0.3) is 0 Å². The quantitative estimate of drug-likeness (QED) is 0.860. The van der Waals surface area contributed by atoms with Crippen LogP contribution in [0.1, 0.15) is 44.3 Å².